The summed E-state index contributed by atoms with van der Waals surface area (Å²) in [4.78, 5) is 74.5. The fourth-order valence-electron chi connectivity index (χ4n) is 9.01. The Morgan fingerprint density at radius 1 is 0.908 bits per heavy atom. The summed E-state index contributed by atoms with van der Waals surface area (Å²) in [6.07, 6.45) is 8.33. The van der Waals surface area contributed by atoms with E-state index in [1.807, 2.05) is 41.3 Å². The van der Waals surface area contributed by atoms with E-state index in [0.717, 1.165) is 61.9 Å². The maximum atomic E-state index is 13.2. The second-order valence-electron chi connectivity index (χ2n) is 17.0. The average Bonchev–Trinajstić information content (AvgIpc) is 3.63. The van der Waals surface area contributed by atoms with Crippen LogP contribution in [0.1, 0.15) is 108 Å². The summed E-state index contributed by atoms with van der Waals surface area (Å²) in [5, 5.41) is 16.0. The lowest BCUT2D eigenvalue weighted by Crippen LogP contribution is -2.52. The fraction of sp³-hybridized carbons (Fsp3) is 0.408. The molecule has 5 N–H and O–H groups in total. The molecule has 2 saturated heterocycles. The number of piperidine rings is 2. The number of ketones is 1. The van der Waals surface area contributed by atoms with Gasteiger partial charge in [0, 0.05) is 73.5 Å². The topological polar surface area (TPSA) is 187 Å². The number of carbonyl (C=O) groups excluding carboxylic acids is 5. The van der Waals surface area contributed by atoms with Gasteiger partial charge in [-0.2, -0.15) is 4.98 Å². The molecule has 0 spiro atoms. The zero-order valence-corrected chi connectivity index (χ0v) is 37.2. The molecule has 1 aliphatic carbocycles. The quantitative estimate of drug-likeness (QED) is 0.0387. The second-order valence-corrected chi connectivity index (χ2v) is 17.4. The van der Waals surface area contributed by atoms with Crippen molar-refractivity contribution >= 4 is 64.3 Å². The Morgan fingerprint density at radius 2 is 1.68 bits per heavy atom. The minimum atomic E-state index is -0.632. The van der Waals surface area contributed by atoms with Crippen LogP contribution in [-0.4, -0.2) is 100 Å². The number of nitrogens with zero attached hydrogens (tertiary/aromatic N) is 4. The predicted molar refractivity (Wildman–Crippen MR) is 247 cm³/mol. The molecule has 3 aromatic carbocycles. The number of benzene rings is 3. The van der Waals surface area contributed by atoms with Crippen LogP contribution in [0, 0.1) is 11.8 Å². The number of Topliss-reactive ketones (excluding diaryl/α,β-unsaturated/α-hetero) is 1. The summed E-state index contributed by atoms with van der Waals surface area (Å²) < 4.78 is 5.82. The lowest BCUT2D eigenvalue weighted by molar-refractivity contribution is -0.136. The molecular weight excluding hydrogens is 846 g/mol. The second kappa shape index (κ2) is 21.1. The number of hydrogen-bond donors (Lipinski definition) is 5. The number of para-hydroxylation sites is 1. The first-order valence-electron chi connectivity index (χ1n) is 22.5. The number of aromatic nitrogens is 2. The lowest BCUT2D eigenvalue weighted by atomic mass is 9.89. The van der Waals surface area contributed by atoms with Crippen molar-refractivity contribution in [2.75, 3.05) is 43.5 Å². The summed E-state index contributed by atoms with van der Waals surface area (Å²) in [6.45, 7) is 5.12. The highest BCUT2D eigenvalue weighted by Gasteiger charge is 2.39. The summed E-state index contributed by atoms with van der Waals surface area (Å²) in [5.41, 5.74) is 5.44. The zero-order chi connectivity index (χ0) is 45.3. The van der Waals surface area contributed by atoms with Crippen molar-refractivity contribution in [3.8, 4) is 11.8 Å². The molecular formula is C49H54ClN9O6. The molecule has 5 amide bonds. The summed E-state index contributed by atoms with van der Waals surface area (Å²) in [7, 11) is 0. The van der Waals surface area contributed by atoms with Gasteiger partial charge in [0.15, 0.2) is 11.6 Å². The number of rotatable bonds is 14. The molecule has 16 heteroatoms. The Labute approximate surface area is 383 Å². The van der Waals surface area contributed by atoms with Gasteiger partial charge in [-0.3, -0.25) is 24.5 Å². The minimum absolute atomic E-state index is 0.0280. The average molecular weight is 900 g/mol. The number of carbonyl (C=O) groups is 5. The standard InChI is InChI=1S/C49H54ClN9O6/c1-31(60)39-7-2-3-8-42(39)55-45-41(50)29-52-48(57-45)53-37-12-10-33(11-13-37)34-21-24-58(25-22-34)49(64)54-38-16-14-36(15-17-38)51-23-27-65-26-5-4-6-32-9-18-40-35(28-32)30-59(47(40)63)43-19-20-44(61)56-46(43)62/h2-3,7-13,18,28-29,34,36,38,43,51H,5,14-17,19-27,30H2,1H3,(H,54,64)(H,56,61,62)(H2,52,53,55,57)/t36-,38-,43?. The Morgan fingerprint density at radius 3 is 2.45 bits per heavy atom. The highest BCUT2D eigenvalue weighted by atomic mass is 35.5. The molecule has 1 aromatic heterocycles. The Bertz CT molecular complexity index is 2470. The van der Waals surface area contributed by atoms with Gasteiger partial charge in [0.2, 0.25) is 17.8 Å². The van der Waals surface area contributed by atoms with Gasteiger partial charge in [0.1, 0.15) is 11.1 Å². The molecule has 3 aliphatic heterocycles. The van der Waals surface area contributed by atoms with Gasteiger partial charge in [-0.25, -0.2) is 9.78 Å². The molecule has 15 nitrogen and oxygen atoms in total. The molecule has 4 aliphatic rings. The van der Waals surface area contributed by atoms with E-state index in [9.17, 15) is 24.0 Å². The monoisotopic (exact) mass is 899 g/mol. The number of urea groups is 1. The third kappa shape index (κ3) is 11.5. The van der Waals surface area contributed by atoms with Gasteiger partial charge in [-0.1, -0.05) is 47.7 Å². The van der Waals surface area contributed by atoms with E-state index in [1.54, 1.807) is 23.1 Å². The van der Waals surface area contributed by atoms with Crippen LogP contribution in [0.2, 0.25) is 5.02 Å². The van der Waals surface area contributed by atoms with Crippen LogP contribution in [0.5, 0.6) is 0 Å². The summed E-state index contributed by atoms with van der Waals surface area (Å²) in [5.74, 6) is 6.47. The summed E-state index contributed by atoms with van der Waals surface area (Å²) in [6, 6.07) is 20.9. The van der Waals surface area contributed by atoms with Crippen LogP contribution in [0.3, 0.4) is 0 Å². The van der Waals surface area contributed by atoms with Gasteiger partial charge in [0.05, 0.1) is 25.1 Å². The highest BCUT2D eigenvalue weighted by Crippen LogP contribution is 2.32. The van der Waals surface area contributed by atoms with E-state index in [2.05, 4.69) is 60.5 Å². The van der Waals surface area contributed by atoms with Crippen LogP contribution in [0.4, 0.5) is 27.9 Å². The van der Waals surface area contributed by atoms with E-state index >= 15 is 0 Å². The van der Waals surface area contributed by atoms with Crippen LogP contribution in [-0.2, 0) is 20.9 Å². The Balaban J connectivity index is 0.685. The van der Waals surface area contributed by atoms with Crippen LogP contribution in [0.15, 0.2) is 72.9 Å². The van der Waals surface area contributed by atoms with Gasteiger partial charge >= 0.3 is 6.03 Å². The molecule has 1 saturated carbocycles. The molecule has 338 valence electrons. The van der Waals surface area contributed by atoms with E-state index in [0.29, 0.717) is 91.3 Å². The molecule has 8 rings (SSSR count). The van der Waals surface area contributed by atoms with Crippen molar-refractivity contribution in [2.24, 2.45) is 0 Å². The molecule has 0 bridgehead atoms. The normalized spacial score (nSPS) is 19.8. The lowest BCUT2D eigenvalue weighted by Gasteiger charge is -2.35. The maximum Gasteiger partial charge on any atom is 0.317 e. The third-order valence-corrected chi connectivity index (χ3v) is 12.9. The van der Waals surface area contributed by atoms with Crippen molar-refractivity contribution in [3.63, 3.8) is 0 Å². The van der Waals surface area contributed by atoms with Crippen LogP contribution in [0.25, 0.3) is 0 Å². The summed E-state index contributed by atoms with van der Waals surface area (Å²) >= 11 is 6.39. The van der Waals surface area contributed by atoms with Crippen molar-refractivity contribution < 1.29 is 28.7 Å². The largest absolute Gasteiger partial charge is 0.379 e. The van der Waals surface area contributed by atoms with E-state index < -0.39 is 11.9 Å². The third-order valence-electron chi connectivity index (χ3n) is 12.6. The SMILES string of the molecule is CC(=O)c1ccccc1Nc1nc(Nc2ccc(C3CCN(C(=O)N[C@H]4CC[C@H](NCCOCCC#Cc5ccc6c(c5)CN(C5CCC(=O)NC5=O)C6=O)CC4)CC3)cc2)ncc1Cl. The Kier molecular flexibility index (Phi) is 14.7. The first kappa shape index (κ1) is 45.2. The number of likely N-dealkylation sites (tertiary alicyclic amines) is 1. The van der Waals surface area contributed by atoms with Crippen molar-refractivity contribution in [1.82, 2.24) is 35.7 Å². The number of ether oxygens (including phenoxy) is 1. The first-order valence-corrected chi connectivity index (χ1v) is 22.9. The fourth-order valence-corrected chi connectivity index (χ4v) is 9.15. The Hall–Kier alpha value is -6.34. The van der Waals surface area contributed by atoms with Gasteiger partial charge in [0.25, 0.3) is 5.91 Å². The molecule has 4 heterocycles. The number of hydrogen-bond acceptors (Lipinski definition) is 11. The predicted octanol–water partition coefficient (Wildman–Crippen LogP) is 6.83. The number of amides is 5. The number of imide groups is 1. The van der Waals surface area contributed by atoms with Crippen molar-refractivity contribution in [1.29, 1.82) is 0 Å². The maximum absolute atomic E-state index is 13.2. The van der Waals surface area contributed by atoms with Gasteiger partial charge in [-0.15, -0.1) is 0 Å². The highest BCUT2D eigenvalue weighted by molar-refractivity contribution is 6.33. The molecule has 4 aromatic rings. The van der Waals surface area contributed by atoms with Gasteiger partial charge in [-0.05, 0) is 111 Å². The van der Waals surface area contributed by atoms with E-state index in [1.165, 1.54) is 18.7 Å². The zero-order valence-electron chi connectivity index (χ0n) is 36.5. The van der Waals surface area contributed by atoms with Crippen molar-refractivity contribution in [3.05, 3.63) is 106 Å². The minimum Gasteiger partial charge on any atom is -0.379 e. The van der Waals surface area contributed by atoms with Crippen LogP contribution < -0.4 is 26.6 Å². The number of nitrogens with one attached hydrogen (secondary N) is 5. The van der Waals surface area contributed by atoms with E-state index in [4.69, 9.17) is 16.3 Å². The van der Waals surface area contributed by atoms with Crippen molar-refractivity contribution in [2.45, 2.75) is 95.3 Å². The number of halogens is 1. The van der Waals surface area contributed by atoms with E-state index in [-0.39, 0.29) is 36.1 Å². The molecule has 0 radical (unpaired) electrons. The van der Waals surface area contributed by atoms with Gasteiger partial charge < -0.3 is 35.8 Å². The smallest absolute Gasteiger partial charge is 0.317 e. The number of fused-ring (bicyclic) bond motifs is 1. The molecule has 3 fully saturated rings. The van der Waals surface area contributed by atoms with Crippen LogP contribution >= 0.6 is 11.6 Å². The number of anilines is 4. The molecule has 65 heavy (non-hydrogen) atoms. The molecule has 1 unspecified atom stereocenters. The first-order chi connectivity index (χ1) is 31.6. The molecule has 1 atom stereocenters.